The summed E-state index contributed by atoms with van der Waals surface area (Å²) in [5.41, 5.74) is 10.5. The number of fused-ring (bicyclic) bond motifs is 1. The van der Waals surface area contributed by atoms with E-state index in [0.29, 0.717) is 36.7 Å². The first-order valence-electron chi connectivity index (χ1n) is 20.2. The van der Waals surface area contributed by atoms with Crippen molar-refractivity contribution in [3.63, 3.8) is 0 Å². The van der Waals surface area contributed by atoms with E-state index in [0.717, 1.165) is 107 Å². The van der Waals surface area contributed by atoms with Gasteiger partial charge in [-0.05, 0) is 86.5 Å². The molecular weight excluding hydrogens is 727 g/mol. The summed E-state index contributed by atoms with van der Waals surface area (Å²) >= 11 is 0. The van der Waals surface area contributed by atoms with Crippen molar-refractivity contribution in [3.05, 3.63) is 71.0 Å². The van der Waals surface area contributed by atoms with Gasteiger partial charge in [-0.25, -0.2) is 14.8 Å². The van der Waals surface area contributed by atoms with Crippen LogP contribution in [0.3, 0.4) is 0 Å². The van der Waals surface area contributed by atoms with E-state index in [-0.39, 0.29) is 41.9 Å². The van der Waals surface area contributed by atoms with Gasteiger partial charge in [0.2, 0.25) is 11.8 Å². The van der Waals surface area contributed by atoms with Crippen molar-refractivity contribution in [2.45, 2.75) is 63.6 Å². The second kappa shape index (κ2) is 16.4. The number of nitrogens with one attached hydrogen (secondary N) is 2. The monoisotopic (exact) mass is 777 g/mol. The summed E-state index contributed by atoms with van der Waals surface area (Å²) in [7, 11) is 1.83. The number of imide groups is 1. The van der Waals surface area contributed by atoms with Gasteiger partial charge in [0.25, 0.3) is 11.8 Å². The van der Waals surface area contributed by atoms with Crippen molar-refractivity contribution < 1.29 is 24.0 Å². The number of nitrogens with zero attached hydrogens (tertiary/aromatic N) is 8. The maximum Gasteiger partial charge on any atom is 0.320 e. The fraction of sp³-hybridized carbons (Fsp3) is 0.488. The maximum absolute atomic E-state index is 13.2. The van der Waals surface area contributed by atoms with Crippen LogP contribution in [0.15, 0.2) is 48.7 Å². The summed E-state index contributed by atoms with van der Waals surface area (Å²) in [5, 5.41) is 5.66. The van der Waals surface area contributed by atoms with Crippen LogP contribution in [-0.2, 0) is 22.6 Å². The molecule has 0 radical (unpaired) electrons. The van der Waals surface area contributed by atoms with Crippen LogP contribution < -0.4 is 26.2 Å². The summed E-state index contributed by atoms with van der Waals surface area (Å²) < 4.78 is 0. The first kappa shape index (κ1) is 38.1. The molecule has 16 nitrogen and oxygen atoms in total. The number of urea groups is 1. The van der Waals surface area contributed by atoms with E-state index < -0.39 is 11.9 Å². The van der Waals surface area contributed by atoms with Gasteiger partial charge in [-0.3, -0.25) is 29.4 Å². The van der Waals surface area contributed by atoms with Crippen molar-refractivity contribution in [1.29, 1.82) is 0 Å². The molecule has 16 heteroatoms. The van der Waals surface area contributed by atoms with E-state index >= 15 is 0 Å². The second-order valence-corrected chi connectivity index (χ2v) is 15.7. The summed E-state index contributed by atoms with van der Waals surface area (Å²) in [6.45, 7) is 8.04. The standard InChI is InChI=1S/C41H51N11O5/c1-47-18-23-51(41(47)57)30-8-5-17-50(25-30)34-24-43-36(37(42)54)38(45-34)44-28-10-12-29(13-11-28)49-21-19-48(20-22-49)16-3-2-6-27-7-4-9-31-32(27)26-52(40(31)56)33-14-15-35(53)46-39(33)55/h4,7,9-13,24,30,33H,2-3,5-6,8,14-23,25-26H2,1H3,(H2,42,54)(H,44,45)(H,46,53,55)/t30-,33?/m1/s1. The van der Waals surface area contributed by atoms with Crippen molar-refractivity contribution in [2.24, 2.45) is 5.73 Å². The molecule has 6 amide bonds. The number of likely N-dealkylation sites (N-methyl/N-ethyl adjacent to an activating group) is 1. The highest BCUT2D eigenvalue weighted by atomic mass is 16.2. The molecule has 3 aromatic rings. The third-order valence-corrected chi connectivity index (χ3v) is 12.1. The molecule has 1 aromatic heterocycles. The van der Waals surface area contributed by atoms with Crippen molar-refractivity contribution in [1.82, 2.24) is 34.9 Å². The van der Waals surface area contributed by atoms with Crippen LogP contribution in [0.2, 0.25) is 0 Å². The third kappa shape index (κ3) is 8.08. The highest BCUT2D eigenvalue weighted by molar-refractivity contribution is 6.05. The lowest BCUT2D eigenvalue weighted by molar-refractivity contribution is -0.136. The predicted molar refractivity (Wildman–Crippen MR) is 214 cm³/mol. The number of primary amides is 1. The van der Waals surface area contributed by atoms with E-state index in [4.69, 9.17) is 10.7 Å². The summed E-state index contributed by atoms with van der Waals surface area (Å²) in [5.74, 6) is -0.511. The lowest BCUT2D eigenvalue weighted by Gasteiger charge is -2.37. The fourth-order valence-electron chi connectivity index (χ4n) is 8.88. The van der Waals surface area contributed by atoms with Gasteiger partial charge in [0, 0.05) is 89.3 Å². The first-order chi connectivity index (χ1) is 27.6. The van der Waals surface area contributed by atoms with E-state index in [9.17, 15) is 24.0 Å². The van der Waals surface area contributed by atoms with Gasteiger partial charge in [0.1, 0.15) is 11.9 Å². The number of carbonyl (C=O) groups is 5. The molecule has 0 spiro atoms. The van der Waals surface area contributed by atoms with Crippen LogP contribution in [0.25, 0.3) is 0 Å². The number of nitrogens with two attached hydrogens (primary N) is 1. The Kier molecular flexibility index (Phi) is 10.9. The topological polar surface area (TPSA) is 181 Å². The summed E-state index contributed by atoms with van der Waals surface area (Å²) in [4.78, 5) is 83.8. The van der Waals surface area contributed by atoms with Gasteiger partial charge in [0.15, 0.2) is 11.5 Å². The van der Waals surface area contributed by atoms with Crippen LogP contribution in [0.1, 0.15) is 70.5 Å². The Hall–Kier alpha value is -5.77. The SMILES string of the molecule is CN1CCN([C@@H]2CCCN(c3cnc(C(N)=O)c(Nc4ccc(N5CCN(CCCCc6cccc7c6CN(C6CCC(=O)NC6=O)C7=O)CC5)cc4)n3)C2)C1=O. The van der Waals surface area contributed by atoms with Gasteiger partial charge in [-0.2, -0.15) is 0 Å². The lowest BCUT2D eigenvalue weighted by atomic mass is 9.98. The number of benzene rings is 2. The molecular formula is C41H51N11O5. The Labute approximate surface area is 332 Å². The Morgan fingerprint density at radius 3 is 2.46 bits per heavy atom. The molecule has 0 bridgehead atoms. The Balaban J connectivity index is 0.810. The number of rotatable bonds is 12. The van der Waals surface area contributed by atoms with Crippen molar-refractivity contribution in [2.75, 3.05) is 81.1 Å². The number of amides is 6. The zero-order chi connectivity index (χ0) is 39.6. The van der Waals surface area contributed by atoms with Crippen LogP contribution in [0.4, 0.5) is 27.8 Å². The molecule has 6 heterocycles. The quantitative estimate of drug-likeness (QED) is 0.182. The Bertz CT molecular complexity index is 2040. The number of piperazine rings is 1. The molecule has 8 rings (SSSR count). The van der Waals surface area contributed by atoms with Gasteiger partial charge >= 0.3 is 6.03 Å². The van der Waals surface area contributed by atoms with E-state index in [2.05, 4.69) is 48.5 Å². The Morgan fingerprint density at radius 1 is 0.912 bits per heavy atom. The smallest absolute Gasteiger partial charge is 0.320 e. The number of aromatic nitrogens is 2. The number of anilines is 4. The minimum Gasteiger partial charge on any atom is -0.369 e. The highest BCUT2D eigenvalue weighted by Gasteiger charge is 2.40. The molecule has 4 N–H and O–H groups in total. The first-order valence-corrected chi connectivity index (χ1v) is 20.2. The zero-order valence-corrected chi connectivity index (χ0v) is 32.5. The van der Waals surface area contributed by atoms with Crippen LogP contribution >= 0.6 is 0 Å². The third-order valence-electron chi connectivity index (χ3n) is 12.1. The number of unbranched alkanes of at least 4 members (excludes halogenated alkanes) is 1. The molecule has 300 valence electrons. The average molecular weight is 778 g/mol. The molecule has 0 aliphatic carbocycles. The lowest BCUT2D eigenvalue weighted by Crippen LogP contribution is -2.52. The minimum atomic E-state index is -0.660. The van der Waals surface area contributed by atoms with Gasteiger partial charge in [-0.1, -0.05) is 12.1 Å². The number of aryl methyl sites for hydroxylation is 1. The average Bonchev–Trinajstić information content (AvgIpc) is 3.74. The summed E-state index contributed by atoms with van der Waals surface area (Å²) in [6.07, 6.45) is 6.97. The number of hydrogen-bond acceptors (Lipinski definition) is 11. The highest BCUT2D eigenvalue weighted by Crippen LogP contribution is 2.31. The zero-order valence-electron chi connectivity index (χ0n) is 32.5. The van der Waals surface area contributed by atoms with E-state index in [1.165, 1.54) is 0 Å². The minimum absolute atomic E-state index is 0.0628. The number of carbonyl (C=O) groups excluding carboxylic acids is 5. The largest absolute Gasteiger partial charge is 0.369 e. The summed E-state index contributed by atoms with van der Waals surface area (Å²) in [6, 6.07) is 13.5. The fourth-order valence-corrected chi connectivity index (χ4v) is 8.88. The van der Waals surface area contributed by atoms with Gasteiger partial charge < -0.3 is 35.6 Å². The van der Waals surface area contributed by atoms with Crippen LogP contribution in [-0.4, -0.2) is 137 Å². The molecule has 57 heavy (non-hydrogen) atoms. The molecule has 4 saturated heterocycles. The number of hydrogen-bond donors (Lipinski definition) is 3. The maximum atomic E-state index is 13.2. The molecule has 0 saturated carbocycles. The normalized spacial score (nSPS) is 21.7. The van der Waals surface area contributed by atoms with Crippen molar-refractivity contribution >= 4 is 52.7 Å². The van der Waals surface area contributed by atoms with Crippen molar-refractivity contribution in [3.8, 4) is 0 Å². The van der Waals surface area contributed by atoms with Gasteiger partial charge in [-0.15, -0.1) is 0 Å². The Morgan fingerprint density at radius 2 is 1.72 bits per heavy atom. The molecule has 5 aliphatic rings. The van der Waals surface area contributed by atoms with E-state index in [1.54, 1.807) is 16.0 Å². The van der Waals surface area contributed by atoms with E-state index in [1.807, 2.05) is 36.2 Å². The molecule has 5 aliphatic heterocycles. The molecule has 1 unspecified atom stereocenters. The second-order valence-electron chi connectivity index (χ2n) is 15.7. The molecule has 2 atom stereocenters. The molecule has 4 fully saturated rings. The van der Waals surface area contributed by atoms with Gasteiger partial charge in [0.05, 0.1) is 12.2 Å². The predicted octanol–water partition coefficient (Wildman–Crippen LogP) is 2.56. The number of piperidine rings is 2. The molecule has 2 aromatic carbocycles. The van der Waals surface area contributed by atoms with Crippen LogP contribution in [0.5, 0.6) is 0 Å². The van der Waals surface area contributed by atoms with Crippen LogP contribution in [0, 0.1) is 0 Å².